The number of rotatable bonds is 2. The van der Waals surface area contributed by atoms with Crippen molar-refractivity contribution in [3.8, 4) is 11.3 Å². The molecule has 2 aliphatic heterocycles. The second kappa shape index (κ2) is 7.53. The number of carbonyl (C=O) groups is 1. The summed E-state index contributed by atoms with van der Waals surface area (Å²) in [5.74, 6) is 0.0317. The van der Waals surface area contributed by atoms with Crippen molar-refractivity contribution in [3.05, 3.63) is 77.9 Å². The zero-order valence-electron chi connectivity index (χ0n) is 17.6. The summed E-state index contributed by atoms with van der Waals surface area (Å²) in [6.45, 7) is 1.97. The molecule has 7 heteroatoms. The molecular weight excluding hydrogens is 402 g/mol. The molecule has 1 spiro atoms. The number of para-hydroxylation sites is 1. The van der Waals surface area contributed by atoms with Gasteiger partial charge in [0.15, 0.2) is 0 Å². The van der Waals surface area contributed by atoms with Crippen LogP contribution in [-0.4, -0.2) is 50.7 Å². The fourth-order valence-corrected chi connectivity index (χ4v) is 4.97. The fourth-order valence-electron chi connectivity index (χ4n) is 4.97. The Balaban J connectivity index is 1.33. The van der Waals surface area contributed by atoms with E-state index in [-0.39, 0.29) is 11.5 Å². The molecule has 1 amide bonds. The highest BCUT2D eigenvalue weighted by molar-refractivity contribution is 6.07. The van der Waals surface area contributed by atoms with Crippen molar-refractivity contribution in [2.24, 2.45) is 0 Å². The molecule has 1 aromatic carbocycles. The minimum absolute atomic E-state index is 0.0317. The Morgan fingerprint density at radius 1 is 1.09 bits per heavy atom. The van der Waals surface area contributed by atoms with Gasteiger partial charge in [-0.15, -0.1) is 0 Å². The number of likely N-dealkylation sites (tertiary alicyclic amines) is 1. The van der Waals surface area contributed by atoms with Gasteiger partial charge in [-0.1, -0.05) is 18.2 Å². The van der Waals surface area contributed by atoms with Crippen molar-refractivity contribution >= 4 is 16.8 Å². The van der Waals surface area contributed by atoms with Gasteiger partial charge in [-0.2, -0.15) is 5.10 Å². The van der Waals surface area contributed by atoms with Crippen molar-refractivity contribution in [1.82, 2.24) is 25.1 Å². The van der Waals surface area contributed by atoms with Crippen LogP contribution in [0.5, 0.6) is 0 Å². The van der Waals surface area contributed by atoms with Crippen LogP contribution >= 0.6 is 0 Å². The number of H-pyrrole nitrogens is 1. The third-order valence-corrected chi connectivity index (χ3v) is 6.69. The highest BCUT2D eigenvalue weighted by atomic mass is 16.5. The van der Waals surface area contributed by atoms with Gasteiger partial charge in [0.25, 0.3) is 5.91 Å². The Labute approximate surface area is 185 Å². The summed E-state index contributed by atoms with van der Waals surface area (Å²) in [4.78, 5) is 24.6. The van der Waals surface area contributed by atoms with E-state index in [2.05, 4.69) is 15.2 Å². The lowest BCUT2D eigenvalue weighted by atomic mass is 9.83. The maximum atomic E-state index is 13.7. The van der Waals surface area contributed by atoms with Gasteiger partial charge >= 0.3 is 0 Å². The number of aromatic nitrogens is 4. The van der Waals surface area contributed by atoms with E-state index in [0.29, 0.717) is 25.3 Å². The molecule has 0 aliphatic carbocycles. The number of benzene rings is 1. The predicted molar refractivity (Wildman–Crippen MR) is 120 cm³/mol. The Morgan fingerprint density at radius 3 is 2.81 bits per heavy atom. The number of ether oxygens (including phenoxy) is 1. The van der Waals surface area contributed by atoms with Crippen LogP contribution in [-0.2, 0) is 16.8 Å². The van der Waals surface area contributed by atoms with Crippen molar-refractivity contribution < 1.29 is 9.53 Å². The van der Waals surface area contributed by atoms with Crippen LogP contribution in [0.15, 0.2) is 61.1 Å². The number of hydrogen-bond acceptors (Lipinski definition) is 5. The van der Waals surface area contributed by atoms with Gasteiger partial charge in [-0.3, -0.25) is 14.9 Å². The molecule has 1 saturated heterocycles. The van der Waals surface area contributed by atoms with Gasteiger partial charge in [0.05, 0.1) is 35.3 Å². The summed E-state index contributed by atoms with van der Waals surface area (Å²) in [6.07, 6.45) is 7.81. The van der Waals surface area contributed by atoms with E-state index in [1.807, 2.05) is 53.6 Å². The summed E-state index contributed by atoms with van der Waals surface area (Å²) < 4.78 is 6.25. The molecule has 0 unspecified atom stereocenters. The van der Waals surface area contributed by atoms with Crippen molar-refractivity contribution in [2.45, 2.75) is 24.9 Å². The standard InChI is InChI=1S/C25H23N5O2/c31-24(30-11-8-25(9-12-30)23-18(7-13-32-25)16-27-29-23)20-14-22(17-4-3-10-26-15-17)28-21-6-2-1-5-19(20)21/h1-6,10,14-16H,7-9,11-13H2,(H,27,29). The van der Waals surface area contributed by atoms with E-state index in [1.54, 1.807) is 12.4 Å². The Kier molecular flexibility index (Phi) is 4.50. The van der Waals surface area contributed by atoms with Crippen LogP contribution < -0.4 is 0 Å². The molecule has 0 saturated carbocycles. The quantitative estimate of drug-likeness (QED) is 0.529. The predicted octanol–water partition coefficient (Wildman–Crippen LogP) is 3.72. The third-order valence-electron chi connectivity index (χ3n) is 6.69. The Bertz CT molecular complexity index is 1290. The molecule has 0 bridgehead atoms. The summed E-state index contributed by atoms with van der Waals surface area (Å²) in [5, 5.41) is 8.25. The number of nitrogens with zero attached hydrogens (tertiary/aromatic N) is 4. The molecule has 1 N–H and O–H groups in total. The monoisotopic (exact) mass is 425 g/mol. The maximum Gasteiger partial charge on any atom is 0.254 e. The van der Waals surface area contributed by atoms with E-state index in [9.17, 15) is 4.79 Å². The second-order valence-electron chi connectivity index (χ2n) is 8.47. The molecule has 32 heavy (non-hydrogen) atoms. The number of fused-ring (bicyclic) bond motifs is 3. The fraction of sp³-hybridized carbons (Fsp3) is 0.280. The molecule has 3 aromatic heterocycles. The zero-order valence-corrected chi connectivity index (χ0v) is 17.6. The normalized spacial score (nSPS) is 17.4. The van der Waals surface area contributed by atoms with Gasteiger partial charge in [0.2, 0.25) is 0 Å². The number of carbonyl (C=O) groups excluding carboxylic acids is 1. The molecule has 160 valence electrons. The summed E-state index contributed by atoms with van der Waals surface area (Å²) in [7, 11) is 0. The number of aromatic amines is 1. The highest BCUT2D eigenvalue weighted by Crippen LogP contribution is 2.40. The largest absolute Gasteiger partial charge is 0.368 e. The van der Waals surface area contributed by atoms with Crippen LogP contribution in [0.25, 0.3) is 22.2 Å². The molecule has 2 aliphatic rings. The molecule has 1 fully saturated rings. The number of amides is 1. The zero-order chi connectivity index (χ0) is 21.5. The number of hydrogen-bond donors (Lipinski definition) is 1. The molecule has 6 rings (SSSR count). The first-order valence-corrected chi connectivity index (χ1v) is 11.0. The lowest BCUT2D eigenvalue weighted by Gasteiger charge is -2.43. The Morgan fingerprint density at radius 2 is 1.97 bits per heavy atom. The van der Waals surface area contributed by atoms with Gasteiger partial charge in [-0.05, 0) is 49.1 Å². The van der Waals surface area contributed by atoms with Crippen molar-refractivity contribution in [3.63, 3.8) is 0 Å². The first-order valence-electron chi connectivity index (χ1n) is 11.0. The average molecular weight is 425 g/mol. The van der Waals surface area contributed by atoms with E-state index >= 15 is 0 Å². The minimum atomic E-state index is -0.359. The Hall–Kier alpha value is -3.58. The van der Waals surface area contributed by atoms with Crippen LogP contribution in [0.2, 0.25) is 0 Å². The van der Waals surface area contributed by atoms with Gasteiger partial charge in [0.1, 0.15) is 5.60 Å². The van der Waals surface area contributed by atoms with Gasteiger partial charge in [-0.25, -0.2) is 4.98 Å². The molecule has 0 radical (unpaired) electrons. The SMILES string of the molecule is O=C(c1cc(-c2cccnc2)nc2ccccc12)N1CCC2(CC1)OCCc1cn[nH]c12. The number of nitrogens with one attached hydrogen (secondary N) is 1. The summed E-state index contributed by atoms with van der Waals surface area (Å²) in [5.41, 5.74) is 5.10. The molecule has 7 nitrogen and oxygen atoms in total. The summed E-state index contributed by atoms with van der Waals surface area (Å²) in [6, 6.07) is 13.6. The molecule has 5 heterocycles. The van der Waals surface area contributed by atoms with Crippen molar-refractivity contribution in [2.75, 3.05) is 19.7 Å². The topological polar surface area (TPSA) is 84.0 Å². The second-order valence-corrected chi connectivity index (χ2v) is 8.47. The van der Waals surface area contributed by atoms with Crippen LogP contribution in [0.3, 0.4) is 0 Å². The first kappa shape index (κ1) is 19.1. The van der Waals surface area contributed by atoms with E-state index in [0.717, 1.165) is 47.1 Å². The third kappa shape index (κ3) is 3.08. The van der Waals surface area contributed by atoms with Crippen LogP contribution in [0.4, 0.5) is 0 Å². The van der Waals surface area contributed by atoms with E-state index < -0.39 is 0 Å². The minimum Gasteiger partial charge on any atom is -0.368 e. The molecular formula is C25H23N5O2. The summed E-state index contributed by atoms with van der Waals surface area (Å²) >= 11 is 0. The lowest BCUT2D eigenvalue weighted by molar-refractivity contribution is -0.0962. The molecule has 4 aromatic rings. The molecule has 0 atom stereocenters. The maximum absolute atomic E-state index is 13.7. The smallest absolute Gasteiger partial charge is 0.254 e. The van der Waals surface area contributed by atoms with Gasteiger partial charge in [0, 0.05) is 36.4 Å². The van der Waals surface area contributed by atoms with E-state index in [1.165, 1.54) is 5.56 Å². The number of piperidine rings is 1. The van der Waals surface area contributed by atoms with Crippen LogP contribution in [0, 0.1) is 0 Å². The van der Waals surface area contributed by atoms with Crippen molar-refractivity contribution in [1.29, 1.82) is 0 Å². The lowest BCUT2D eigenvalue weighted by Crippen LogP contribution is -2.48. The first-order chi connectivity index (χ1) is 15.7. The average Bonchev–Trinajstić information content (AvgIpc) is 3.35. The van der Waals surface area contributed by atoms with E-state index in [4.69, 9.17) is 9.72 Å². The van der Waals surface area contributed by atoms with Gasteiger partial charge < -0.3 is 9.64 Å². The van der Waals surface area contributed by atoms with Crippen LogP contribution in [0.1, 0.15) is 34.5 Å². The number of pyridine rings is 2. The highest BCUT2D eigenvalue weighted by Gasteiger charge is 2.43.